The fourth-order valence-electron chi connectivity index (χ4n) is 3.85. The van der Waals surface area contributed by atoms with Crippen LogP contribution in [0.15, 0.2) is 40.1 Å². The highest BCUT2D eigenvalue weighted by atomic mass is 35.5. The summed E-state index contributed by atoms with van der Waals surface area (Å²) in [5.41, 5.74) is 0.660. The van der Waals surface area contributed by atoms with Crippen molar-refractivity contribution in [2.45, 2.75) is 31.3 Å². The van der Waals surface area contributed by atoms with E-state index in [4.69, 9.17) is 16.0 Å². The lowest BCUT2D eigenvalue weighted by atomic mass is 9.80. The smallest absolute Gasteiger partial charge is 0.325 e. The molecule has 9 heteroatoms. The van der Waals surface area contributed by atoms with Crippen LogP contribution in [0.25, 0.3) is 11.5 Å². The van der Waals surface area contributed by atoms with Crippen molar-refractivity contribution in [1.29, 1.82) is 0 Å². The second-order valence-corrected chi connectivity index (χ2v) is 8.28. The third kappa shape index (κ3) is 2.63. The van der Waals surface area contributed by atoms with Crippen LogP contribution in [-0.2, 0) is 23.3 Å². The van der Waals surface area contributed by atoms with Crippen molar-refractivity contribution in [1.82, 2.24) is 20.4 Å². The van der Waals surface area contributed by atoms with E-state index in [9.17, 15) is 9.59 Å². The molecule has 1 aliphatic heterocycles. The summed E-state index contributed by atoms with van der Waals surface area (Å²) in [6, 6.07) is 8.49. The molecule has 28 heavy (non-hydrogen) atoms. The maximum atomic E-state index is 13.2. The van der Waals surface area contributed by atoms with E-state index in [1.165, 1.54) is 0 Å². The van der Waals surface area contributed by atoms with Crippen molar-refractivity contribution in [3.63, 3.8) is 0 Å². The van der Waals surface area contributed by atoms with E-state index in [1.54, 1.807) is 35.6 Å². The number of thiophene rings is 1. The quantitative estimate of drug-likeness (QED) is 0.659. The molecular weight excluding hydrogens is 400 g/mol. The van der Waals surface area contributed by atoms with Crippen LogP contribution < -0.4 is 5.32 Å². The van der Waals surface area contributed by atoms with Crippen molar-refractivity contribution in [3.05, 3.63) is 57.1 Å². The van der Waals surface area contributed by atoms with Crippen molar-refractivity contribution < 1.29 is 14.0 Å². The van der Waals surface area contributed by atoms with Crippen molar-refractivity contribution in [3.8, 4) is 11.5 Å². The number of amides is 3. The number of carbonyl (C=O) groups is 2. The first-order chi connectivity index (χ1) is 13.6. The Morgan fingerprint density at radius 2 is 2.04 bits per heavy atom. The van der Waals surface area contributed by atoms with Crippen molar-refractivity contribution in [2.75, 3.05) is 0 Å². The van der Waals surface area contributed by atoms with Gasteiger partial charge in [0.2, 0.25) is 11.8 Å². The van der Waals surface area contributed by atoms with E-state index < -0.39 is 11.6 Å². The van der Waals surface area contributed by atoms with Gasteiger partial charge in [0.25, 0.3) is 5.91 Å². The predicted octanol–water partition coefficient (Wildman–Crippen LogP) is 3.74. The van der Waals surface area contributed by atoms with Gasteiger partial charge < -0.3 is 9.73 Å². The normalized spacial score (nSPS) is 21.2. The third-order valence-electron chi connectivity index (χ3n) is 5.19. The summed E-state index contributed by atoms with van der Waals surface area (Å²) in [7, 11) is 0. The van der Waals surface area contributed by atoms with Gasteiger partial charge in [0, 0.05) is 21.0 Å². The number of benzene rings is 1. The molecule has 0 saturated carbocycles. The minimum Gasteiger partial charge on any atom is -0.419 e. The highest BCUT2D eigenvalue weighted by molar-refractivity contribution is 7.10. The van der Waals surface area contributed by atoms with Gasteiger partial charge in [0.15, 0.2) is 0 Å². The number of aromatic nitrogens is 2. The summed E-state index contributed by atoms with van der Waals surface area (Å²) in [5.74, 6) is 0.251. The number of fused-ring (bicyclic) bond motifs is 2. The van der Waals surface area contributed by atoms with Crippen LogP contribution in [0.3, 0.4) is 0 Å². The number of carbonyl (C=O) groups excluding carboxylic acids is 2. The molecule has 7 nitrogen and oxygen atoms in total. The molecule has 1 aromatic carbocycles. The van der Waals surface area contributed by atoms with Gasteiger partial charge in [0.1, 0.15) is 12.1 Å². The van der Waals surface area contributed by atoms with Crippen LogP contribution >= 0.6 is 22.9 Å². The Hall–Kier alpha value is -2.71. The SMILES string of the molecule is O=C1N[C@@]2(CCCc3sccc32)C(=O)N1Cc1nnc(-c2ccc(Cl)cc2)o1. The Kier molecular flexibility index (Phi) is 3.99. The molecule has 0 radical (unpaired) electrons. The average Bonchev–Trinajstić information content (AvgIpc) is 3.40. The summed E-state index contributed by atoms with van der Waals surface area (Å²) in [6.45, 7) is -0.0630. The minimum atomic E-state index is -0.969. The number of nitrogens with zero attached hydrogens (tertiary/aromatic N) is 3. The molecule has 2 aliphatic rings. The first kappa shape index (κ1) is 17.4. The molecule has 2 aromatic heterocycles. The number of imide groups is 1. The lowest BCUT2D eigenvalue weighted by molar-refractivity contribution is -0.132. The molecule has 3 heterocycles. The molecule has 1 aliphatic carbocycles. The Balaban J connectivity index is 1.41. The molecular formula is C19H15ClN4O3S. The maximum absolute atomic E-state index is 13.2. The summed E-state index contributed by atoms with van der Waals surface area (Å²) < 4.78 is 5.66. The molecule has 5 rings (SSSR count). The van der Waals surface area contributed by atoms with Crippen LogP contribution in [-0.4, -0.2) is 27.0 Å². The fourth-order valence-corrected chi connectivity index (χ4v) is 4.97. The van der Waals surface area contributed by atoms with Crippen LogP contribution in [0, 0.1) is 0 Å². The highest BCUT2D eigenvalue weighted by Gasteiger charge is 2.54. The standard InChI is InChI=1S/C19H15ClN4O3S/c20-12-5-3-11(4-6-12)16-23-22-15(27-16)10-24-17(25)19(21-18(24)26)8-1-2-14-13(19)7-9-28-14/h3-7,9H,1-2,8,10H2,(H,21,26)/t19-/m1/s1. The maximum Gasteiger partial charge on any atom is 0.325 e. The van der Waals surface area contributed by atoms with Crippen molar-refractivity contribution in [2.24, 2.45) is 0 Å². The number of nitrogens with one attached hydrogen (secondary N) is 1. The topological polar surface area (TPSA) is 88.3 Å². The average molecular weight is 415 g/mol. The lowest BCUT2D eigenvalue weighted by Crippen LogP contribution is -2.46. The largest absolute Gasteiger partial charge is 0.419 e. The molecule has 1 spiro atoms. The predicted molar refractivity (Wildman–Crippen MR) is 103 cm³/mol. The molecule has 3 amide bonds. The van der Waals surface area contributed by atoms with Gasteiger partial charge >= 0.3 is 6.03 Å². The van der Waals surface area contributed by atoms with E-state index in [0.29, 0.717) is 22.9 Å². The van der Waals surface area contributed by atoms with E-state index in [2.05, 4.69) is 15.5 Å². The van der Waals surface area contributed by atoms with E-state index in [0.717, 1.165) is 28.2 Å². The van der Waals surface area contributed by atoms with Gasteiger partial charge in [-0.25, -0.2) is 4.79 Å². The number of urea groups is 1. The molecule has 0 bridgehead atoms. The molecule has 1 N–H and O–H groups in total. The molecule has 3 aromatic rings. The van der Waals surface area contributed by atoms with Gasteiger partial charge in [-0.3, -0.25) is 9.69 Å². The van der Waals surface area contributed by atoms with Crippen LogP contribution in [0.1, 0.15) is 29.2 Å². The minimum absolute atomic E-state index is 0.0630. The van der Waals surface area contributed by atoms with Gasteiger partial charge in [-0.15, -0.1) is 21.5 Å². The highest BCUT2D eigenvalue weighted by Crippen LogP contribution is 2.42. The van der Waals surface area contributed by atoms with Gasteiger partial charge in [-0.05, 0) is 55.0 Å². The van der Waals surface area contributed by atoms with Crippen LogP contribution in [0.5, 0.6) is 0 Å². The summed E-state index contributed by atoms with van der Waals surface area (Å²) in [4.78, 5) is 28.1. The zero-order chi connectivity index (χ0) is 19.3. The van der Waals surface area contributed by atoms with Crippen LogP contribution in [0.2, 0.25) is 5.02 Å². The fraction of sp³-hybridized carbons (Fsp3) is 0.263. The first-order valence-corrected chi connectivity index (χ1v) is 10.1. The van der Waals surface area contributed by atoms with Gasteiger partial charge in [-0.1, -0.05) is 11.6 Å². The van der Waals surface area contributed by atoms with E-state index >= 15 is 0 Å². The Bertz CT molecular complexity index is 1080. The van der Waals surface area contributed by atoms with E-state index in [-0.39, 0.29) is 18.3 Å². The number of hydrogen-bond donors (Lipinski definition) is 1. The Morgan fingerprint density at radius 3 is 2.86 bits per heavy atom. The zero-order valence-corrected chi connectivity index (χ0v) is 16.2. The summed E-state index contributed by atoms with van der Waals surface area (Å²) in [5, 5.41) is 13.5. The number of rotatable bonds is 3. The zero-order valence-electron chi connectivity index (χ0n) is 14.6. The summed E-state index contributed by atoms with van der Waals surface area (Å²) >= 11 is 7.52. The molecule has 0 unspecified atom stereocenters. The van der Waals surface area contributed by atoms with Gasteiger partial charge in [0.05, 0.1) is 0 Å². The Labute approximate surface area is 169 Å². The second kappa shape index (κ2) is 6.42. The number of hydrogen-bond acceptors (Lipinski definition) is 6. The summed E-state index contributed by atoms with van der Waals surface area (Å²) in [6.07, 6.45) is 2.39. The monoisotopic (exact) mass is 414 g/mol. The van der Waals surface area contributed by atoms with E-state index in [1.807, 2.05) is 11.4 Å². The van der Waals surface area contributed by atoms with Gasteiger partial charge in [-0.2, -0.15) is 0 Å². The molecule has 142 valence electrons. The molecule has 1 fully saturated rings. The first-order valence-electron chi connectivity index (χ1n) is 8.86. The molecule has 1 atom stereocenters. The number of halogens is 1. The lowest BCUT2D eigenvalue weighted by Gasteiger charge is -2.31. The molecule has 1 saturated heterocycles. The third-order valence-corrected chi connectivity index (χ3v) is 6.42. The second-order valence-electron chi connectivity index (χ2n) is 6.85. The van der Waals surface area contributed by atoms with Crippen LogP contribution in [0.4, 0.5) is 4.79 Å². The Morgan fingerprint density at radius 1 is 1.21 bits per heavy atom. The van der Waals surface area contributed by atoms with Crippen molar-refractivity contribution >= 4 is 34.9 Å². The number of aryl methyl sites for hydroxylation is 1.